The van der Waals surface area contributed by atoms with Crippen LogP contribution in [0.15, 0.2) is 18.2 Å². The monoisotopic (exact) mass is 262 g/mol. The minimum atomic E-state index is -0.401. The van der Waals surface area contributed by atoms with Gasteiger partial charge in [0.15, 0.2) is 0 Å². The molecule has 4 nitrogen and oxygen atoms in total. The van der Waals surface area contributed by atoms with Crippen molar-refractivity contribution in [2.75, 3.05) is 6.54 Å². The summed E-state index contributed by atoms with van der Waals surface area (Å²) in [5.74, 6) is 0.833. The van der Waals surface area contributed by atoms with E-state index in [1.165, 1.54) is 12.8 Å². The number of nitrogens with two attached hydrogens (primary N) is 2. The van der Waals surface area contributed by atoms with Crippen LogP contribution in [0, 0.1) is 12.8 Å². The first-order valence-electron chi connectivity index (χ1n) is 6.89. The maximum absolute atomic E-state index is 11.2. The second kappa shape index (κ2) is 6.06. The van der Waals surface area contributed by atoms with Gasteiger partial charge in [0, 0.05) is 11.5 Å². The van der Waals surface area contributed by atoms with Crippen LogP contribution in [0.25, 0.3) is 0 Å². The van der Waals surface area contributed by atoms with Gasteiger partial charge in [-0.25, -0.2) is 0 Å². The highest BCUT2D eigenvalue weighted by Gasteiger charge is 2.25. The van der Waals surface area contributed by atoms with Crippen LogP contribution in [0.2, 0.25) is 0 Å². The van der Waals surface area contributed by atoms with Gasteiger partial charge in [-0.15, -0.1) is 0 Å². The van der Waals surface area contributed by atoms with Crippen LogP contribution >= 0.6 is 0 Å². The van der Waals surface area contributed by atoms with E-state index in [1.54, 1.807) is 6.07 Å². The maximum Gasteiger partial charge on any atom is 0.248 e. The van der Waals surface area contributed by atoms with Crippen molar-refractivity contribution in [1.29, 1.82) is 0 Å². The van der Waals surface area contributed by atoms with Crippen molar-refractivity contribution < 1.29 is 9.53 Å². The molecule has 1 aromatic rings. The first-order chi connectivity index (χ1) is 9.11. The molecule has 1 aliphatic rings. The summed E-state index contributed by atoms with van der Waals surface area (Å²) in [4.78, 5) is 11.2. The molecule has 2 rings (SSSR count). The van der Waals surface area contributed by atoms with Crippen molar-refractivity contribution in [1.82, 2.24) is 0 Å². The number of primary amides is 1. The molecule has 0 aromatic heterocycles. The third-order valence-electron chi connectivity index (χ3n) is 3.89. The van der Waals surface area contributed by atoms with E-state index in [9.17, 15) is 4.79 Å². The summed E-state index contributed by atoms with van der Waals surface area (Å²) in [6.07, 6.45) is 4.82. The average molecular weight is 262 g/mol. The van der Waals surface area contributed by atoms with Crippen molar-refractivity contribution >= 4 is 5.91 Å². The van der Waals surface area contributed by atoms with Gasteiger partial charge in [-0.3, -0.25) is 4.79 Å². The number of ether oxygens (including phenoxy) is 1. The molecule has 0 aliphatic heterocycles. The number of amides is 1. The Bertz CT molecular complexity index is 459. The summed E-state index contributed by atoms with van der Waals surface area (Å²) < 4.78 is 6.04. The zero-order chi connectivity index (χ0) is 13.8. The summed E-state index contributed by atoms with van der Waals surface area (Å²) in [6, 6.07) is 5.42. The molecule has 1 fully saturated rings. The van der Waals surface area contributed by atoms with Gasteiger partial charge >= 0.3 is 0 Å². The SMILES string of the molecule is Cc1cc(OC2CCCCC2CN)ccc1C(N)=O. The topological polar surface area (TPSA) is 78.3 Å². The zero-order valence-corrected chi connectivity index (χ0v) is 11.4. The number of carbonyl (C=O) groups is 1. The number of hydrogen-bond acceptors (Lipinski definition) is 3. The van der Waals surface area contributed by atoms with E-state index < -0.39 is 5.91 Å². The molecular weight excluding hydrogens is 240 g/mol. The number of carbonyl (C=O) groups excluding carboxylic acids is 1. The molecule has 104 valence electrons. The molecule has 2 atom stereocenters. The first-order valence-corrected chi connectivity index (χ1v) is 6.89. The standard InChI is InChI=1S/C15H22N2O2/c1-10-8-12(6-7-13(10)15(17)18)19-14-5-3-2-4-11(14)9-16/h6-8,11,14H,2-5,9,16H2,1H3,(H2,17,18). The van der Waals surface area contributed by atoms with Gasteiger partial charge in [-0.1, -0.05) is 6.42 Å². The van der Waals surface area contributed by atoms with Crippen molar-refractivity contribution in [2.24, 2.45) is 17.4 Å². The van der Waals surface area contributed by atoms with Crippen molar-refractivity contribution in [3.05, 3.63) is 29.3 Å². The fourth-order valence-electron chi connectivity index (χ4n) is 2.76. The Labute approximate surface area is 114 Å². The summed E-state index contributed by atoms with van der Waals surface area (Å²) in [6.45, 7) is 2.54. The van der Waals surface area contributed by atoms with E-state index in [2.05, 4.69) is 0 Å². The Kier molecular flexibility index (Phi) is 4.43. The fraction of sp³-hybridized carbons (Fsp3) is 0.533. The lowest BCUT2D eigenvalue weighted by Crippen LogP contribution is -2.35. The van der Waals surface area contributed by atoms with Gasteiger partial charge in [0.05, 0.1) is 0 Å². The van der Waals surface area contributed by atoms with E-state index in [-0.39, 0.29) is 6.10 Å². The summed E-state index contributed by atoms with van der Waals surface area (Å²) in [7, 11) is 0. The molecular formula is C15H22N2O2. The third-order valence-corrected chi connectivity index (χ3v) is 3.89. The molecule has 0 spiro atoms. The Hall–Kier alpha value is -1.55. The quantitative estimate of drug-likeness (QED) is 0.871. The molecule has 19 heavy (non-hydrogen) atoms. The van der Waals surface area contributed by atoms with Crippen LogP contribution in [-0.4, -0.2) is 18.6 Å². The molecule has 1 amide bonds. The fourth-order valence-corrected chi connectivity index (χ4v) is 2.76. The van der Waals surface area contributed by atoms with Crippen molar-refractivity contribution in [3.8, 4) is 5.75 Å². The maximum atomic E-state index is 11.2. The van der Waals surface area contributed by atoms with Gasteiger partial charge in [-0.05, 0) is 56.5 Å². The molecule has 0 saturated heterocycles. The van der Waals surface area contributed by atoms with Crippen LogP contribution in [0.5, 0.6) is 5.75 Å². The second-order valence-corrected chi connectivity index (χ2v) is 5.28. The number of hydrogen-bond donors (Lipinski definition) is 2. The Morgan fingerprint density at radius 1 is 1.37 bits per heavy atom. The highest BCUT2D eigenvalue weighted by molar-refractivity contribution is 5.94. The highest BCUT2D eigenvalue weighted by atomic mass is 16.5. The van der Waals surface area contributed by atoms with Gasteiger partial charge in [0.2, 0.25) is 5.91 Å². The minimum absolute atomic E-state index is 0.192. The predicted molar refractivity (Wildman–Crippen MR) is 75.1 cm³/mol. The Morgan fingerprint density at radius 3 is 2.74 bits per heavy atom. The Balaban J connectivity index is 2.10. The van der Waals surface area contributed by atoms with E-state index in [1.807, 2.05) is 19.1 Å². The second-order valence-electron chi connectivity index (χ2n) is 5.28. The Morgan fingerprint density at radius 2 is 2.11 bits per heavy atom. The first kappa shape index (κ1) is 13.9. The predicted octanol–water partition coefficient (Wildman–Crippen LogP) is 1.99. The normalized spacial score (nSPS) is 23.1. The summed E-state index contributed by atoms with van der Waals surface area (Å²) in [5, 5.41) is 0. The van der Waals surface area contributed by atoms with E-state index in [0.29, 0.717) is 18.0 Å². The molecule has 0 heterocycles. The molecule has 0 radical (unpaired) electrons. The molecule has 4 heteroatoms. The van der Waals surface area contributed by atoms with Crippen LogP contribution in [0.3, 0.4) is 0 Å². The molecule has 4 N–H and O–H groups in total. The van der Waals surface area contributed by atoms with Gasteiger partial charge in [0.1, 0.15) is 11.9 Å². The molecule has 1 aliphatic carbocycles. The van der Waals surface area contributed by atoms with Gasteiger partial charge in [-0.2, -0.15) is 0 Å². The summed E-state index contributed by atoms with van der Waals surface area (Å²) in [5.41, 5.74) is 12.5. The van der Waals surface area contributed by atoms with Crippen LogP contribution < -0.4 is 16.2 Å². The number of benzene rings is 1. The number of aryl methyl sites for hydroxylation is 1. The minimum Gasteiger partial charge on any atom is -0.490 e. The smallest absolute Gasteiger partial charge is 0.248 e. The lowest BCUT2D eigenvalue weighted by atomic mass is 9.86. The highest BCUT2D eigenvalue weighted by Crippen LogP contribution is 2.28. The third kappa shape index (κ3) is 3.26. The molecule has 0 bridgehead atoms. The van der Waals surface area contributed by atoms with E-state index in [4.69, 9.17) is 16.2 Å². The van der Waals surface area contributed by atoms with E-state index >= 15 is 0 Å². The molecule has 2 unspecified atom stereocenters. The van der Waals surface area contributed by atoms with Crippen LogP contribution in [-0.2, 0) is 0 Å². The largest absolute Gasteiger partial charge is 0.490 e. The van der Waals surface area contributed by atoms with Crippen LogP contribution in [0.4, 0.5) is 0 Å². The van der Waals surface area contributed by atoms with Crippen molar-refractivity contribution in [2.45, 2.75) is 38.7 Å². The molecule has 1 saturated carbocycles. The van der Waals surface area contributed by atoms with Gasteiger partial charge in [0.25, 0.3) is 0 Å². The van der Waals surface area contributed by atoms with Crippen LogP contribution in [0.1, 0.15) is 41.6 Å². The number of rotatable bonds is 4. The average Bonchev–Trinajstić information content (AvgIpc) is 2.39. The van der Waals surface area contributed by atoms with Crippen molar-refractivity contribution in [3.63, 3.8) is 0 Å². The lowest BCUT2D eigenvalue weighted by Gasteiger charge is -2.31. The molecule has 1 aromatic carbocycles. The van der Waals surface area contributed by atoms with E-state index in [0.717, 1.165) is 24.2 Å². The lowest BCUT2D eigenvalue weighted by molar-refractivity contribution is 0.0967. The zero-order valence-electron chi connectivity index (χ0n) is 11.4. The van der Waals surface area contributed by atoms with Gasteiger partial charge < -0.3 is 16.2 Å². The summed E-state index contributed by atoms with van der Waals surface area (Å²) >= 11 is 0.